The van der Waals surface area contributed by atoms with Crippen molar-refractivity contribution < 1.29 is 0 Å². The number of H-pyrrole nitrogens is 1. The molecule has 5 rings (SSSR count). The molecular weight excluding hydrogens is 488 g/mol. The van der Waals surface area contributed by atoms with Crippen LogP contribution in [0.2, 0.25) is 0 Å². The van der Waals surface area contributed by atoms with Crippen LogP contribution in [-0.4, -0.2) is 39.3 Å². The summed E-state index contributed by atoms with van der Waals surface area (Å²) < 4.78 is 5.95. The smallest absolute Gasteiger partial charge is 0.331 e. The van der Waals surface area contributed by atoms with Gasteiger partial charge in [0.1, 0.15) is 5.82 Å². The molecule has 0 aliphatic carbocycles. The molecule has 0 spiro atoms. The molecule has 9 heteroatoms. The van der Waals surface area contributed by atoms with Crippen molar-refractivity contribution >= 4 is 0 Å². The van der Waals surface area contributed by atoms with Crippen molar-refractivity contribution in [1.29, 1.82) is 0 Å². The first-order valence-corrected chi connectivity index (χ1v) is 13.7. The third-order valence-electron chi connectivity index (χ3n) is 7.14. The molecule has 202 valence electrons. The average Bonchev–Trinajstić information content (AvgIpc) is 3.68. The van der Waals surface area contributed by atoms with Gasteiger partial charge in [0.05, 0.1) is 12.2 Å². The highest BCUT2D eigenvalue weighted by Gasteiger charge is 2.21. The van der Waals surface area contributed by atoms with Gasteiger partial charge in [-0.3, -0.25) is 14.1 Å². The van der Waals surface area contributed by atoms with Crippen molar-refractivity contribution in [2.75, 3.05) is 0 Å². The minimum absolute atomic E-state index is 0.0177. The molecule has 0 saturated heterocycles. The van der Waals surface area contributed by atoms with Gasteiger partial charge in [-0.05, 0) is 66.3 Å². The monoisotopic (exact) mass is 524 g/mol. The molecule has 1 N–H and O–H groups in total. The van der Waals surface area contributed by atoms with Gasteiger partial charge in [-0.1, -0.05) is 57.5 Å². The molecule has 1 aromatic carbocycles. The van der Waals surface area contributed by atoms with Crippen LogP contribution in [0.3, 0.4) is 0 Å². The highest BCUT2D eigenvalue weighted by Crippen LogP contribution is 2.29. The van der Waals surface area contributed by atoms with E-state index in [1.54, 1.807) is 0 Å². The van der Waals surface area contributed by atoms with Crippen molar-refractivity contribution in [3.8, 4) is 28.5 Å². The van der Waals surface area contributed by atoms with E-state index in [0.29, 0.717) is 18.3 Å². The molecule has 0 bridgehead atoms. The van der Waals surface area contributed by atoms with E-state index in [0.717, 1.165) is 53.2 Å². The number of hydrogen-bond acceptors (Lipinski definition) is 5. The standard InChI is InChI=1S/C30H36N8O/c1-6-7-10-23-19-38(29-24(20(2)3)15-16-36(29)21(4)5)30(39)37(23)18-22-13-14-27(31-17-22)25-11-8-9-12-26(25)28-32-34-35-33-28/h8-9,11-17,19-21H,6-7,10,18H2,1-5H3,(H,32,33,34,35). The van der Waals surface area contributed by atoms with Crippen molar-refractivity contribution in [1.82, 2.24) is 39.3 Å². The van der Waals surface area contributed by atoms with Crippen molar-refractivity contribution in [2.45, 2.75) is 72.4 Å². The number of tetrazole rings is 1. The lowest BCUT2D eigenvalue weighted by Gasteiger charge is -2.16. The number of unbranched alkanes of at least 4 members (excludes halogenated alkanes) is 1. The van der Waals surface area contributed by atoms with Crippen LogP contribution in [0.15, 0.2) is 65.8 Å². The maximum atomic E-state index is 13.9. The van der Waals surface area contributed by atoms with Gasteiger partial charge >= 0.3 is 5.69 Å². The Kier molecular flexibility index (Phi) is 7.58. The molecule has 4 heterocycles. The first-order valence-electron chi connectivity index (χ1n) is 13.7. The van der Waals surface area contributed by atoms with E-state index < -0.39 is 0 Å². The summed E-state index contributed by atoms with van der Waals surface area (Å²) in [7, 11) is 0. The Balaban J connectivity index is 1.52. The number of aromatic nitrogens is 8. The van der Waals surface area contributed by atoms with E-state index in [9.17, 15) is 4.79 Å². The quantitative estimate of drug-likeness (QED) is 0.250. The zero-order valence-electron chi connectivity index (χ0n) is 23.3. The minimum Gasteiger partial charge on any atom is -0.331 e. The van der Waals surface area contributed by atoms with Crippen LogP contribution in [0.25, 0.3) is 28.5 Å². The highest BCUT2D eigenvalue weighted by molar-refractivity contribution is 5.78. The Hall–Kier alpha value is -4.27. The number of hydrogen-bond donors (Lipinski definition) is 1. The molecule has 0 atom stereocenters. The summed E-state index contributed by atoms with van der Waals surface area (Å²) in [5.41, 5.74) is 5.81. The largest absolute Gasteiger partial charge is 0.334 e. The van der Waals surface area contributed by atoms with Crippen LogP contribution < -0.4 is 5.69 Å². The number of aryl methyl sites for hydroxylation is 1. The maximum Gasteiger partial charge on any atom is 0.334 e. The molecule has 4 aromatic heterocycles. The Bertz CT molecular complexity index is 1560. The third-order valence-corrected chi connectivity index (χ3v) is 7.14. The molecule has 0 aliphatic heterocycles. The molecule has 0 unspecified atom stereocenters. The second kappa shape index (κ2) is 11.2. The van der Waals surface area contributed by atoms with E-state index in [-0.39, 0.29) is 11.7 Å². The molecule has 0 aliphatic rings. The number of benzene rings is 1. The first kappa shape index (κ1) is 26.3. The van der Waals surface area contributed by atoms with Gasteiger partial charge in [0, 0.05) is 41.5 Å². The number of aromatic amines is 1. The topological polar surface area (TPSA) is 99.2 Å². The number of imidazole rings is 1. The minimum atomic E-state index is -0.0177. The molecule has 5 aromatic rings. The summed E-state index contributed by atoms with van der Waals surface area (Å²) in [6.07, 6.45) is 8.93. The molecule has 0 fully saturated rings. The highest BCUT2D eigenvalue weighted by atomic mass is 16.1. The van der Waals surface area contributed by atoms with Gasteiger partial charge in [-0.15, -0.1) is 5.10 Å². The lowest BCUT2D eigenvalue weighted by Crippen LogP contribution is -2.27. The van der Waals surface area contributed by atoms with Crippen LogP contribution in [0.4, 0.5) is 0 Å². The predicted octanol–water partition coefficient (Wildman–Crippen LogP) is 5.78. The normalized spacial score (nSPS) is 11.7. The van der Waals surface area contributed by atoms with Gasteiger partial charge < -0.3 is 4.57 Å². The Morgan fingerprint density at radius 1 is 1.00 bits per heavy atom. The van der Waals surface area contributed by atoms with Crippen LogP contribution in [0.1, 0.15) is 76.2 Å². The van der Waals surface area contributed by atoms with E-state index in [4.69, 9.17) is 4.98 Å². The van der Waals surface area contributed by atoms with Gasteiger partial charge in [-0.2, -0.15) is 0 Å². The zero-order valence-corrected chi connectivity index (χ0v) is 23.3. The first-order chi connectivity index (χ1) is 18.9. The lowest BCUT2D eigenvalue weighted by molar-refractivity contribution is 0.579. The van der Waals surface area contributed by atoms with Crippen LogP contribution in [0.5, 0.6) is 0 Å². The fraction of sp³-hybridized carbons (Fsp3) is 0.367. The van der Waals surface area contributed by atoms with E-state index in [1.807, 2.05) is 57.9 Å². The van der Waals surface area contributed by atoms with E-state index >= 15 is 0 Å². The number of nitrogens with one attached hydrogen (secondary N) is 1. The second-order valence-electron chi connectivity index (χ2n) is 10.6. The molecule has 0 radical (unpaired) electrons. The Morgan fingerprint density at radius 2 is 1.79 bits per heavy atom. The third kappa shape index (κ3) is 5.21. The van der Waals surface area contributed by atoms with Crippen LogP contribution in [0, 0.1) is 0 Å². The summed E-state index contributed by atoms with van der Waals surface area (Å²) in [6, 6.07) is 14.3. The molecular formula is C30H36N8O. The molecule has 0 amide bonds. The van der Waals surface area contributed by atoms with Crippen molar-refractivity contribution in [3.05, 3.63) is 88.4 Å². The Labute approximate surface area is 228 Å². The summed E-state index contributed by atoms with van der Waals surface area (Å²) >= 11 is 0. The Morgan fingerprint density at radius 3 is 2.44 bits per heavy atom. The van der Waals surface area contributed by atoms with Crippen LogP contribution >= 0.6 is 0 Å². The SMILES string of the molecule is CCCCc1cn(-c2c(C(C)C)ccn2C(C)C)c(=O)n1Cc1ccc(-c2ccccc2-c2nnn[nH]2)nc1. The van der Waals surface area contributed by atoms with Crippen molar-refractivity contribution in [3.63, 3.8) is 0 Å². The van der Waals surface area contributed by atoms with Crippen molar-refractivity contribution in [2.24, 2.45) is 0 Å². The van der Waals surface area contributed by atoms with E-state index in [1.165, 1.54) is 5.56 Å². The lowest BCUT2D eigenvalue weighted by atomic mass is 10.0. The zero-order chi connectivity index (χ0) is 27.5. The molecule has 9 nitrogen and oxygen atoms in total. The summed E-state index contributed by atoms with van der Waals surface area (Å²) in [5.74, 6) is 1.87. The van der Waals surface area contributed by atoms with Gasteiger partial charge in [0.15, 0.2) is 5.82 Å². The maximum absolute atomic E-state index is 13.9. The van der Waals surface area contributed by atoms with Gasteiger partial charge in [-0.25, -0.2) is 9.89 Å². The fourth-order valence-electron chi connectivity index (χ4n) is 5.04. The van der Waals surface area contributed by atoms with Gasteiger partial charge in [0.25, 0.3) is 0 Å². The molecule has 39 heavy (non-hydrogen) atoms. The molecule has 0 saturated carbocycles. The predicted molar refractivity (Wildman–Crippen MR) is 153 cm³/mol. The fourth-order valence-corrected chi connectivity index (χ4v) is 5.04. The summed E-state index contributed by atoms with van der Waals surface area (Å²) in [5, 5.41) is 14.3. The van der Waals surface area contributed by atoms with E-state index in [2.05, 4.69) is 72.1 Å². The number of pyridine rings is 1. The number of nitrogens with zero attached hydrogens (tertiary/aromatic N) is 7. The van der Waals surface area contributed by atoms with Crippen LogP contribution in [-0.2, 0) is 13.0 Å². The van der Waals surface area contributed by atoms with Gasteiger partial charge in [0.2, 0.25) is 0 Å². The number of rotatable bonds is 10. The summed E-state index contributed by atoms with van der Waals surface area (Å²) in [4.78, 5) is 18.7. The summed E-state index contributed by atoms with van der Waals surface area (Å²) in [6.45, 7) is 11.3. The average molecular weight is 525 g/mol. The second-order valence-corrected chi connectivity index (χ2v) is 10.6.